The van der Waals surface area contributed by atoms with Crippen molar-refractivity contribution in [2.45, 2.75) is 6.42 Å². The molecule has 1 aliphatic heterocycles. The average Bonchev–Trinajstić information content (AvgIpc) is 3.31. The third-order valence-electron chi connectivity index (χ3n) is 5.44. The van der Waals surface area contributed by atoms with E-state index in [-0.39, 0.29) is 35.5 Å². The van der Waals surface area contributed by atoms with Crippen molar-refractivity contribution in [3.8, 4) is 0 Å². The van der Waals surface area contributed by atoms with E-state index in [9.17, 15) is 9.59 Å². The summed E-state index contributed by atoms with van der Waals surface area (Å²) in [6.07, 6.45) is 8.53. The number of amides is 2. The van der Waals surface area contributed by atoms with E-state index >= 15 is 0 Å². The molecule has 2 heterocycles. The maximum absolute atomic E-state index is 12.6. The van der Waals surface area contributed by atoms with Crippen molar-refractivity contribution in [3.05, 3.63) is 46.6 Å². The Balaban J connectivity index is 1.47. The number of fused-ring (bicyclic) bond motifs is 6. The van der Waals surface area contributed by atoms with Crippen LogP contribution in [0.4, 0.5) is 0 Å². The van der Waals surface area contributed by atoms with Gasteiger partial charge in [0.05, 0.1) is 18.1 Å². The van der Waals surface area contributed by atoms with Crippen molar-refractivity contribution in [3.63, 3.8) is 0 Å². The van der Waals surface area contributed by atoms with Crippen LogP contribution >= 0.6 is 15.9 Å². The molecule has 5 rings (SSSR count). The molecule has 24 heavy (non-hydrogen) atoms. The van der Waals surface area contributed by atoms with Gasteiger partial charge in [0.1, 0.15) is 0 Å². The molecule has 0 spiro atoms. The van der Waals surface area contributed by atoms with E-state index in [1.807, 2.05) is 24.4 Å². The second-order valence-electron chi connectivity index (χ2n) is 6.67. The number of carbonyl (C=O) groups is 2. The first kappa shape index (κ1) is 14.2. The first-order valence-corrected chi connectivity index (χ1v) is 8.79. The molecule has 2 amide bonds. The Morgan fingerprint density at radius 3 is 2.58 bits per heavy atom. The lowest BCUT2D eigenvalue weighted by Gasteiger charge is -2.13. The number of allylic oxidation sites excluding steroid dienone is 2. The highest BCUT2D eigenvalue weighted by Crippen LogP contribution is 2.52. The van der Waals surface area contributed by atoms with Crippen molar-refractivity contribution < 1.29 is 9.59 Å². The summed E-state index contributed by atoms with van der Waals surface area (Å²) < 4.78 is 0.967. The Morgan fingerprint density at radius 2 is 1.88 bits per heavy atom. The van der Waals surface area contributed by atoms with E-state index in [4.69, 9.17) is 0 Å². The molecule has 2 bridgehead atoms. The minimum absolute atomic E-state index is 0.154. The van der Waals surface area contributed by atoms with E-state index in [0.717, 1.165) is 32.4 Å². The lowest BCUT2D eigenvalue weighted by atomic mass is 9.85. The number of benzene rings is 1. The molecular weight excluding hydrogens is 370 g/mol. The summed E-state index contributed by atoms with van der Waals surface area (Å²) in [7, 11) is 0. The fraction of sp³-hybridized carbons (Fsp3) is 0.278. The standard InChI is InChI=1S/C18H14BrN3O2/c19-12-3-4-14-13(6-12)11(7-20-14)8-21-22-17(23)15-9-1-2-10(5-9)16(15)18(22)24/h1-4,6-10,15-16,20H,5H2/b21-8+. The number of nitrogens with zero attached hydrogens (tertiary/aromatic N) is 2. The van der Waals surface area contributed by atoms with Crippen molar-refractivity contribution in [1.29, 1.82) is 0 Å². The maximum atomic E-state index is 12.6. The van der Waals surface area contributed by atoms with Gasteiger partial charge in [0, 0.05) is 27.1 Å². The number of rotatable bonds is 2. The topological polar surface area (TPSA) is 65.5 Å². The summed E-state index contributed by atoms with van der Waals surface area (Å²) in [4.78, 5) is 28.4. The van der Waals surface area contributed by atoms with Gasteiger partial charge in [-0.1, -0.05) is 28.1 Å². The van der Waals surface area contributed by atoms with Crippen molar-refractivity contribution in [2.75, 3.05) is 0 Å². The molecule has 4 unspecified atom stereocenters. The lowest BCUT2D eigenvalue weighted by Crippen LogP contribution is -2.28. The Labute approximate surface area is 146 Å². The van der Waals surface area contributed by atoms with Gasteiger partial charge in [0.15, 0.2) is 0 Å². The van der Waals surface area contributed by atoms with Crippen LogP contribution in [-0.2, 0) is 9.59 Å². The molecule has 0 radical (unpaired) electrons. The summed E-state index contributed by atoms with van der Waals surface area (Å²) in [6, 6.07) is 5.91. The summed E-state index contributed by atoms with van der Waals surface area (Å²) in [5.41, 5.74) is 1.84. The number of aromatic nitrogens is 1. The van der Waals surface area contributed by atoms with Crippen LogP contribution in [0.1, 0.15) is 12.0 Å². The van der Waals surface area contributed by atoms with Gasteiger partial charge < -0.3 is 4.98 Å². The number of imide groups is 1. The normalized spacial score (nSPS) is 31.1. The molecule has 2 aliphatic carbocycles. The molecular formula is C18H14BrN3O2. The van der Waals surface area contributed by atoms with E-state index in [2.05, 4.69) is 38.2 Å². The molecule has 3 aliphatic rings. The molecule has 6 heteroatoms. The zero-order valence-electron chi connectivity index (χ0n) is 12.6. The largest absolute Gasteiger partial charge is 0.361 e. The van der Waals surface area contributed by atoms with Crippen LogP contribution in [0.15, 0.2) is 46.1 Å². The van der Waals surface area contributed by atoms with Gasteiger partial charge in [-0.3, -0.25) is 9.59 Å². The number of hydrazone groups is 1. The van der Waals surface area contributed by atoms with Gasteiger partial charge in [0.25, 0.3) is 11.8 Å². The maximum Gasteiger partial charge on any atom is 0.254 e. The fourth-order valence-electron chi connectivity index (χ4n) is 4.34. The Bertz CT molecular complexity index is 915. The Kier molecular flexibility index (Phi) is 2.89. The summed E-state index contributed by atoms with van der Waals surface area (Å²) in [5, 5.41) is 6.31. The van der Waals surface area contributed by atoms with Gasteiger partial charge in [-0.05, 0) is 36.5 Å². The Morgan fingerprint density at radius 1 is 1.17 bits per heavy atom. The summed E-state index contributed by atoms with van der Waals surface area (Å²) >= 11 is 3.46. The molecule has 1 N–H and O–H groups in total. The van der Waals surface area contributed by atoms with E-state index in [0.29, 0.717) is 0 Å². The number of nitrogens with one attached hydrogen (secondary N) is 1. The number of carbonyl (C=O) groups excluding carboxylic acids is 2. The quantitative estimate of drug-likeness (QED) is 0.491. The second-order valence-corrected chi connectivity index (χ2v) is 7.58. The molecule has 2 fully saturated rings. The highest BCUT2D eigenvalue weighted by molar-refractivity contribution is 9.10. The van der Waals surface area contributed by atoms with Gasteiger partial charge in [-0.25, -0.2) is 0 Å². The van der Waals surface area contributed by atoms with Crippen molar-refractivity contribution >= 4 is 44.9 Å². The van der Waals surface area contributed by atoms with Gasteiger partial charge in [-0.15, -0.1) is 0 Å². The van der Waals surface area contributed by atoms with Crippen LogP contribution in [0.5, 0.6) is 0 Å². The highest BCUT2D eigenvalue weighted by atomic mass is 79.9. The van der Waals surface area contributed by atoms with Crippen molar-refractivity contribution in [2.24, 2.45) is 28.8 Å². The number of H-pyrrole nitrogens is 1. The monoisotopic (exact) mass is 383 g/mol. The summed E-state index contributed by atoms with van der Waals surface area (Å²) in [6.45, 7) is 0. The minimum atomic E-state index is -0.207. The van der Waals surface area contributed by atoms with E-state index < -0.39 is 0 Å². The SMILES string of the molecule is O=C1C2C3C=CC(C3)C2C(=O)N1/N=C/c1c[nH]c2ccc(Br)cc12. The van der Waals surface area contributed by atoms with Crippen LogP contribution < -0.4 is 0 Å². The molecule has 4 atom stereocenters. The molecule has 1 aromatic carbocycles. The second kappa shape index (κ2) is 4.89. The predicted octanol–water partition coefficient (Wildman–Crippen LogP) is 3.07. The van der Waals surface area contributed by atoms with Crippen LogP contribution in [-0.4, -0.2) is 28.0 Å². The molecule has 1 aromatic heterocycles. The molecule has 2 aromatic rings. The lowest BCUT2D eigenvalue weighted by molar-refractivity contribution is -0.140. The minimum Gasteiger partial charge on any atom is -0.361 e. The molecule has 120 valence electrons. The third-order valence-corrected chi connectivity index (χ3v) is 5.93. The molecule has 1 saturated heterocycles. The van der Waals surface area contributed by atoms with Crippen LogP contribution in [0.3, 0.4) is 0 Å². The third kappa shape index (κ3) is 1.83. The summed E-state index contributed by atoms with van der Waals surface area (Å²) in [5.74, 6) is -0.303. The number of halogens is 1. The van der Waals surface area contributed by atoms with Gasteiger partial charge in [0.2, 0.25) is 0 Å². The highest BCUT2D eigenvalue weighted by Gasteiger charge is 2.59. The van der Waals surface area contributed by atoms with Crippen LogP contribution in [0.25, 0.3) is 10.9 Å². The van der Waals surface area contributed by atoms with Crippen LogP contribution in [0.2, 0.25) is 0 Å². The Hall–Kier alpha value is -2.21. The van der Waals surface area contributed by atoms with Gasteiger partial charge in [-0.2, -0.15) is 10.1 Å². The smallest absolute Gasteiger partial charge is 0.254 e. The first-order chi connectivity index (χ1) is 11.6. The number of hydrogen-bond acceptors (Lipinski definition) is 3. The van der Waals surface area contributed by atoms with Crippen molar-refractivity contribution in [1.82, 2.24) is 9.99 Å². The zero-order valence-corrected chi connectivity index (χ0v) is 14.2. The average molecular weight is 384 g/mol. The number of hydrogen-bond donors (Lipinski definition) is 1. The van der Waals surface area contributed by atoms with E-state index in [1.54, 1.807) is 6.21 Å². The first-order valence-electron chi connectivity index (χ1n) is 8.00. The number of aromatic amines is 1. The predicted molar refractivity (Wildman–Crippen MR) is 93.2 cm³/mol. The van der Waals surface area contributed by atoms with Crippen LogP contribution in [0, 0.1) is 23.7 Å². The fourth-order valence-corrected chi connectivity index (χ4v) is 4.70. The van der Waals surface area contributed by atoms with Gasteiger partial charge >= 0.3 is 0 Å². The zero-order chi connectivity index (χ0) is 16.4. The molecule has 1 saturated carbocycles. The van der Waals surface area contributed by atoms with E-state index in [1.165, 1.54) is 0 Å². The molecule has 5 nitrogen and oxygen atoms in total.